The first-order chi connectivity index (χ1) is 14.0. The van der Waals surface area contributed by atoms with Gasteiger partial charge in [-0.15, -0.1) is 0 Å². The normalized spacial score (nSPS) is 17.1. The SMILES string of the molecule is Cc1cccc(N2NC(C(=O)N3CCN(c4ccc(F)cc4)CC3)=CCC2=O)c1. The number of hydrogen-bond donors (Lipinski definition) is 1. The first kappa shape index (κ1) is 19.0. The average Bonchev–Trinajstić information content (AvgIpc) is 2.74. The summed E-state index contributed by atoms with van der Waals surface area (Å²) in [6, 6.07) is 14.0. The van der Waals surface area contributed by atoms with Crippen molar-refractivity contribution in [1.29, 1.82) is 0 Å². The van der Waals surface area contributed by atoms with E-state index in [2.05, 4.69) is 10.3 Å². The highest BCUT2D eigenvalue weighted by molar-refractivity contribution is 6.01. The van der Waals surface area contributed by atoms with Gasteiger partial charge in [0.2, 0.25) is 5.91 Å². The van der Waals surface area contributed by atoms with Crippen LogP contribution >= 0.6 is 0 Å². The van der Waals surface area contributed by atoms with Gasteiger partial charge in [0.15, 0.2) is 0 Å². The molecule has 2 aromatic rings. The molecule has 150 valence electrons. The van der Waals surface area contributed by atoms with Crippen LogP contribution in [0.15, 0.2) is 60.3 Å². The minimum atomic E-state index is -0.259. The number of piperazine rings is 1. The standard InChI is InChI=1S/C22H23FN4O2/c1-16-3-2-4-19(15-16)27-21(28)10-9-20(24-27)22(29)26-13-11-25(12-14-26)18-7-5-17(23)6-8-18/h2-9,15,24H,10-14H2,1H3. The Morgan fingerprint density at radius 1 is 1.00 bits per heavy atom. The van der Waals surface area contributed by atoms with E-state index in [4.69, 9.17) is 0 Å². The lowest BCUT2D eigenvalue weighted by molar-refractivity contribution is -0.128. The van der Waals surface area contributed by atoms with E-state index in [9.17, 15) is 14.0 Å². The van der Waals surface area contributed by atoms with Crippen LogP contribution in [0.1, 0.15) is 12.0 Å². The van der Waals surface area contributed by atoms with E-state index in [1.165, 1.54) is 17.1 Å². The molecule has 4 rings (SSSR count). The van der Waals surface area contributed by atoms with Gasteiger partial charge in [0.1, 0.15) is 11.5 Å². The van der Waals surface area contributed by atoms with Crippen molar-refractivity contribution in [2.75, 3.05) is 36.1 Å². The minimum Gasteiger partial charge on any atom is -0.368 e. The van der Waals surface area contributed by atoms with Crippen molar-refractivity contribution in [3.63, 3.8) is 0 Å². The number of benzene rings is 2. The van der Waals surface area contributed by atoms with Gasteiger partial charge in [-0.3, -0.25) is 15.0 Å². The number of aryl methyl sites for hydroxylation is 1. The summed E-state index contributed by atoms with van der Waals surface area (Å²) < 4.78 is 13.1. The number of carbonyl (C=O) groups excluding carboxylic acids is 2. The Morgan fingerprint density at radius 2 is 1.72 bits per heavy atom. The van der Waals surface area contributed by atoms with Crippen LogP contribution in [0.5, 0.6) is 0 Å². The molecule has 0 bridgehead atoms. The van der Waals surface area contributed by atoms with Crippen molar-refractivity contribution < 1.29 is 14.0 Å². The van der Waals surface area contributed by atoms with E-state index >= 15 is 0 Å². The molecule has 2 heterocycles. The van der Waals surface area contributed by atoms with Crippen LogP contribution in [-0.4, -0.2) is 42.9 Å². The zero-order chi connectivity index (χ0) is 20.4. The molecule has 0 aliphatic carbocycles. The summed E-state index contributed by atoms with van der Waals surface area (Å²) in [4.78, 5) is 29.2. The van der Waals surface area contributed by atoms with E-state index in [0.717, 1.165) is 16.9 Å². The number of hydrazine groups is 1. The van der Waals surface area contributed by atoms with Gasteiger partial charge in [0.05, 0.1) is 5.69 Å². The maximum absolute atomic E-state index is 13.1. The summed E-state index contributed by atoms with van der Waals surface area (Å²) in [5.74, 6) is -0.479. The highest BCUT2D eigenvalue weighted by atomic mass is 19.1. The number of halogens is 1. The summed E-state index contributed by atoms with van der Waals surface area (Å²) in [7, 11) is 0. The van der Waals surface area contributed by atoms with Crippen molar-refractivity contribution in [1.82, 2.24) is 10.3 Å². The molecule has 1 N–H and O–H groups in total. The minimum absolute atomic E-state index is 0.103. The molecule has 0 aromatic heterocycles. The zero-order valence-corrected chi connectivity index (χ0v) is 16.3. The quantitative estimate of drug-likeness (QED) is 0.870. The molecule has 0 unspecified atom stereocenters. The highest BCUT2D eigenvalue weighted by Crippen LogP contribution is 2.21. The molecule has 1 fully saturated rings. The third-order valence-corrected chi connectivity index (χ3v) is 5.21. The summed E-state index contributed by atoms with van der Waals surface area (Å²) in [5.41, 5.74) is 6.11. The number of amides is 2. The fourth-order valence-electron chi connectivity index (χ4n) is 3.61. The van der Waals surface area contributed by atoms with Gasteiger partial charge in [-0.1, -0.05) is 12.1 Å². The molecule has 2 aromatic carbocycles. The number of carbonyl (C=O) groups is 2. The Kier molecular flexibility index (Phi) is 5.20. The second-order valence-electron chi connectivity index (χ2n) is 7.26. The monoisotopic (exact) mass is 394 g/mol. The van der Waals surface area contributed by atoms with Crippen molar-refractivity contribution in [3.8, 4) is 0 Å². The molecule has 0 atom stereocenters. The molecule has 1 saturated heterocycles. The van der Waals surface area contributed by atoms with E-state index in [0.29, 0.717) is 31.9 Å². The van der Waals surface area contributed by atoms with Crippen LogP contribution in [0.4, 0.5) is 15.8 Å². The summed E-state index contributed by atoms with van der Waals surface area (Å²) in [5, 5.41) is 1.44. The molecule has 7 heteroatoms. The molecule has 29 heavy (non-hydrogen) atoms. The van der Waals surface area contributed by atoms with Crippen LogP contribution in [-0.2, 0) is 9.59 Å². The van der Waals surface area contributed by atoms with Gasteiger partial charge < -0.3 is 9.80 Å². The lowest BCUT2D eigenvalue weighted by Crippen LogP contribution is -2.53. The fourth-order valence-corrected chi connectivity index (χ4v) is 3.61. The molecule has 0 spiro atoms. The number of nitrogens with one attached hydrogen (secondary N) is 1. The molecule has 6 nitrogen and oxygen atoms in total. The molecular weight excluding hydrogens is 371 g/mol. The molecule has 0 radical (unpaired) electrons. The van der Waals surface area contributed by atoms with Crippen molar-refractivity contribution in [2.45, 2.75) is 13.3 Å². The van der Waals surface area contributed by atoms with Gasteiger partial charge in [-0.25, -0.2) is 9.40 Å². The van der Waals surface area contributed by atoms with Crippen LogP contribution in [0.25, 0.3) is 0 Å². The van der Waals surface area contributed by atoms with Crippen LogP contribution < -0.4 is 15.3 Å². The lowest BCUT2D eigenvalue weighted by atomic mass is 10.2. The van der Waals surface area contributed by atoms with Crippen LogP contribution in [0.2, 0.25) is 0 Å². The summed E-state index contributed by atoms with van der Waals surface area (Å²) in [6.07, 6.45) is 1.83. The van der Waals surface area contributed by atoms with Crippen LogP contribution in [0, 0.1) is 12.7 Å². The van der Waals surface area contributed by atoms with Crippen molar-refractivity contribution >= 4 is 23.2 Å². The smallest absolute Gasteiger partial charge is 0.271 e. The maximum atomic E-state index is 13.1. The third kappa shape index (κ3) is 4.08. The summed E-state index contributed by atoms with van der Waals surface area (Å²) in [6.45, 7) is 4.43. The van der Waals surface area contributed by atoms with E-state index in [1.807, 2.05) is 31.2 Å². The van der Waals surface area contributed by atoms with Gasteiger partial charge in [0, 0.05) is 38.3 Å². The Labute approximate surface area is 169 Å². The number of hydrogen-bond acceptors (Lipinski definition) is 4. The number of anilines is 2. The maximum Gasteiger partial charge on any atom is 0.271 e. The molecule has 0 saturated carbocycles. The average molecular weight is 394 g/mol. The largest absolute Gasteiger partial charge is 0.368 e. The Hall–Kier alpha value is -3.35. The Balaban J connectivity index is 1.41. The predicted molar refractivity (Wildman–Crippen MR) is 110 cm³/mol. The van der Waals surface area contributed by atoms with Gasteiger partial charge in [0.25, 0.3) is 5.91 Å². The van der Waals surface area contributed by atoms with Gasteiger partial charge >= 0.3 is 0 Å². The first-order valence-electron chi connectivity index (χ1n) is 9.67. The van der Waals surface area contributed by atoms with Crippen LogP contribution in [0.3, 0.4) is 0 Å². The van der Waals surface area contributed by atoms with Gasteiger partial charge in [-0.2, -0.15) is 0 Å². The topological polar surface area (TPSA) is 55.9 Å². The molecular formula is C22H23FN4O2. The van der Waals surface area contributed by atoms with E-state index in [-0.39, 0.29) is 24.1 Å². The Morgan fingerprint density at radius 3 is 2.41 bits per heavy atom. The molecule has 2 aliphatic heterocycles. The number of rotatable bonds is 3. The molecule has 2 amide bonds. The van der Waals surface area contributed by atoms with E-state index < -0.39 is 0 Å². The summed E-state index contributed by atoms with van der Waals surface area (Å²) >= 11 is 0. The fraction of sp³-hybridized carbons (Fsp3) is 0.273. The lowest BCUT2D eigenvalue weighted by Gasteiger charge is -2.37. The van der Waals surface area contributed by atoms with Gasteiger partial charge in [-0.05, 0) is 55.0 Å². The second kappa shape index (κ2) is 7.95. The second-order valence-corrected chi connectivity index (χ2v) is 7.26. The zero-order valence-electron chi connectivity index (χ0n) is 16.3. The molecule has 2 aliphatic rings. The van der Waals surface area contributed by atoms with E-state index in [1.54, 1.807) is 23.1 Å². The highest BCUT2D eigenvalue weighted by Gasteiger charge is 2.29. The van der Waals surface area contributed by atoms with Crippen molar-refractivity contribution in [3.05, 3.63) is 71.7 Å². The third-order valence-electron chi connectivity index (χ3n) is 5.21. The van der Waals surface area contributed by atoms with Crippen molar-refractivity contribution in [2.24, 2.45) is 0 Å². The predicted octanol–water partition coefficient (Wildman–Crippen LogP) is 2.61. The number of nitrogens with zero attached hydrogens (tertiary/aromatic N) is 3. The Bertz CT molecular complexity index is 950. The first-order valence-corrected chi connectivity index (χ1v) is 9.67.